The van der Waals surface area contributed by atoms with Gasteiger partial charge in [-0.05, 0) is 25.5 Å². The van der Waals surface area contributed by atoms with Crippen molar-refractivity contribution in [3.63, 3.8) is 0 Å². The van der Waals surface area contributed by atoms with Crippen LogP contribution < -0.4 is 10.1 Å². The zero-order valence-electron chi connectivity index (χ0n) is 10.7. The van der Waals surface area contributed by atoms with Gasteiger partial charge in [-0.3, -0.25) is 4.98 Å². The second kappa shape index (κ2) is 6.75. The lowest BCUT2D eigenvalue weighted by atomic mass is 10.1. The van der Waals surface area contributed by atoms with Crippen molar-refractivity contribution >= 4 is 5.82 Å². The molecule has 0 amide bonds. The van der Waals surface area contributed by atoms with Crippen molar-refractivity contribution in [1.29, 1.82) is 0 Å². The van der Waals surface area contributed by atoms with Gasteiger partial charge in [0, 0.05) is 6.61 Å². The molecule has 2 aromatic rings. The number of aliphatic hydroxyl groups is 1. The van der Waals surface area contributed by atoms with E-state index >= 15 is 0 Å². The van der Waals surface area contributed by atoms with E-state index in [1.165, 1.54) is 0 Å². The SMILES string of the molecule is CCOc1cncc(NC(CCO)c2ccco2)n1. The first-order valence-corrected chi connectivity index (χ1v) is 6.19. The fourth-order valence-electron chi connectivity index (χ4n) is 1.72. The molecule has 2 aromatic heterocycles. The predicted molar refractivity (Wildman–Crippen MR) is 70.0 cm³/mol. The van der Waals surface area contributed by atoms with Gasteiger partial charge in [-0.15, -0.1) is 0 Å². The molecule has 1 atom stereocenters. The number of hydrogen-bond acceptors (Lipinski definition) is 6. The molecular formula is C13H17N3O3. The van der Waals surface area contributed by atoms with E-state index in [1.54, 1.807) is 18.7 Å². The largest absolute Gasteiger partial charge is 0.477 e. The van der Waals surface area contributed by atoms with E-state index in [0.29, 0.717) is 24.7 Å². The third kappa shape index (κ3) is 3.69. The number of hydrogen-bond donors (Lipinski definition) is 2. The highest BCUT2D eigenvalue weighted by Gasteiger charge is 2.14. The first-order chi connectivity index (χ1) is 9.33. The van der Waals surface area contributed by atoms with Crippen molar-refractivity contribution in [1.82, 2.24) is 9.97 Å². The van der Waals surface area contributed by atoms with Gasteiger partial charge in [0.1, 0.15) is 11.6 Å². The van der Waals surface area contributed by atoms with E-state index < -0.39 is 0 Å². The van der Waals surface area contributed by atoms with E-state index in [-0.39, 0.29) is 12.6 Å². The first-order valence-electron chi connectivity index (χ1n) is 6.19. The molecule has 6 nitrogen and oxygen atoms in total. The van der Waals surface area contributed by atoms with Crippen molar-refractivity contribution < 1.29 is 14.3 Å². The lowest BCUT2D eigenvalue weighted by Crippen LogP contribution is -2.13. The average Bonchev–Trinajstić information content (AvgIpc) is 2.93. The molecule has 2 N–H and O–H groups in total. The van der Waals surface area contributed by atoms with Gasteiger partial charge in [0.25, 0.3) is 0 Å². The first kappa shape index (κ1) is 13.4. The molecule has 0 spiro atoms. The molecule has 6 heteroatoms. The Bertz CT molecular complexity index is 488. The van der Waals surface area contributed by atoms with Crippen LogP contribution in [0, 0.1) is 0 Å². The predicted octanol–water partition coefficient (Wildman–Crippen LogP) is 2.00. The molecule has 0 aliphatic rings. The highest BCUT2D eigenvalue weighted by atomic mass is 16.5. The lowest BCUT2D eigenvalue weighted by Gasteiger charge is -2.16. The minimum atomic E-state index is -0.147. The number of anilines is 1. The molecule has 0 aromatic carbocycles. The molecule has 2 rings (SSSR count). The van der Waals surface area contributed by atoms with Gasteiger partial charge < -0.3 is 19.6 Å². The van der Waals surface area contributed by atoms with Crippen LogP contribution in [0.5, 0.6) is 5.88 Å². The maximum Gasteiger partial charge on any atom is 0.234 e. The van der Waals surface area contributed by atoms with Gasteiger partial charge in [0.15, 0.2) is 0 Å². The number of aromatic nitrogens is 2. The maximum absolute atomic E-state index is 9.11. The van der Waals surface area contributed by atoms with Gasteiger partial charge in [-0.25, -0.2) is 0 Å². The Hall–Kier alpha value is -2.08. The van der Waals surface area contributed by atoms with Crippen LogP contribution in [0.3, 0.4) is 0 Å². The number of aliphatic hydroxyl groups excluding tert-OH is 1. The summed E-state index contributed by atoms with van der Waals surface area (Å²) >= 11 is 0. The van der Waals surface area contributed by atoms with Crippen LogP contribution in [0.1, 0.15) is 25.1 Å². The molecule has 0 saturated carbocycles. The minimum Gasteiger partial charge on any atom is -0.477 e. The van der Waals surface area contributed by atoms with Crippen molar-refractivity contribution in [2.45, 2.75) is 19.4 Å². The van der Waals surface area contributed by atoms with Crippen molar-refractivity contribution in [2.75, 3.05) is 18.5 Å². The van der Waals surface area contributed by atoms with E-state index in [4.69, 9.17) is 14.3 Å². The second-order valence-corrected chi connectivity index (χ2v) is 3.90. The van der Waals surface area contributed by atoms with Gasteiger partial charge in [-0.2, -0.15) is 4.98 Å². The molecule has 0 fully saturated rings. The van der Waals surface area contributed by atoms with Gasteiger partial charge in [0.05, 0.1) is 31.3 Å². The molecule has 0 radical (unpaired) electrons. The second-order valence-electron chi connectivity index (χ2n) is 3.90. The fourth-order valence-corrected chi connectivity index (χ4v) is 1.72. The third-order valence-corrected chi connectivity index (χ3v) is 2.53. The monoisotopic (exact) mass is 263 g/mol. The highest BCUT2D eigenvalue weighted by Crippen LogP contribution is 2.22. The molecule has 0 aliphatic heterocycles. The summed E-state index contributed by atoms with van der Waals surface area (Å²) < 4.78 is 10.6. The quantitative estimate of drug-likeness (QED) is 0.795. The van der Waals surface area contributed by atoms with E-state index in [2.05, 4.69) is 15.3 Å². The lowest BCUT2D eigenvalue weighted by molar-refractivity contribution is 0.273. The molecule has 0 bridgehead atoms. The van der Waals surface area contributed by atoms with Crippen LogP contribution in [0.25, 0.3) is 0 Å². The molecular weight excluding hydrogens is 246 g/mol. The Morgan fingerprint density at radius 3 is 3.05 bits per heavy atom. The average molecular weight is 263 g/mol. The molecule has 0 saturated heterocycles. The van der Waals surface area contributed by atoms with Crippen molar-refractivity contribution in [3.8, 4) is 5.88 Å². The summed E-state index contributed by atoms with van der Waals surface area (Å²) in [6.07, 6.45) is 5.29. The number of nitrogens with one attached hydrogen (secondary N) is 1. The summed E-state index contributed by atoms with van der Waals surface area (Å²) in [6, 6.07) is 3.52. The fraction of sp³-hybridized carbons (Fsp3) is 0.385. The third-order valence-electron chi connectivity index (χ3n) is 2.53. The Morgan fingerprint density at radius 2 is 2.37 bits per heavy atom. The smallest absolute Gasteiger partial charge is 0.234 e. The highest BCUT2D eigenvalue weighted by molar-refractivity contribution is 5.36. The molecule has 2 heterocycles. The zero-order valence-corrected chi connectivity index (χ0v) is 10.7. The normalized spacial score (nSPS) is 12.1. The van der Waals surface area contributed by atoms with Gasteiger partial charge in [-0.1, -0.05) is 0 Å². The van der Waals surface area contributed by atoms with Crippen LogP contribution in [-0.2, 0) is 0 Å². The summed E-state index contributed by atoms with van der Waals surface area (Å²) in [5.74, 6) is 1.80. The standard InChI is InChI=1S/C13H17N3O3/c1-2-18-13-9-14-8-12(16-13)15-10(5-6-17)11-4-3-7-19-11/h3-4,7-10,17H,2,5-6H2,1H3,(H,15,16). The zero-order chi connectivity index (χ0) is 13.5. The number of furan rings is 1. The van der Waals surface area contributed by atoms with E-state index in [1.807, 2.05) is 19.1 Å². The van der Waals surface area contributed by atoms with E-state index in [0.717, 1.165) is 5.76 Å². The molecule has 0 aliphatic carbocycles. The van der Waals surface area contributed by atoms with Crippen LogP contribution in [0.2, 0.25) is 0 Å². The topological polar surface area (TPSA) is 80.4 Å². The summed E-state index contributed by atoms with van der Waals surface area (Å²) in [6.45, 7) is 2.48. The Morgan fingerprint density at radius 1 is 1.47 bits per heavy atom. The number of nitrogens with zero attached hydrogens (tertiary/aromatic N) is 2. The van der Waals surface area contributed by atoms with Crippen LogP contribution >= 0.6 is 0 Å². The van der Waals surface area contributed by atoms with Crippen LogP contribution in [0.4, 0.5) is 5.82 Å². The molecule has 19 heavy (non-hydrogen) atoms. The van der Waals surface area contributed by atoms with Gasteiger partial charge >= 0.3 is 0 Å². The number of ether oxygens (including phenoxy) is 1. The van der Waals surface area contributed by atoms with Crippen molar-refractivity contribution in [2.24, 2.45) is 0 Å². The molecule has 1 unspecified atom stereocenters. The summed E-state index contributed by atoms with van der Waals surface area (Å²) in [5, 5.41) is 12.3. The summed E-state index contributed by atoms with van der Waals surface area (Å²) in [7, 11) is 0. The minimum absolute atomic E-state index is 0.0525. The summed E-state index contributed by atoms with van der Waals surface area (Å²) in [4.78, 5) is 8.33. The van der Waals surface area contributed by atoms with Crippen LogP contribution in [-0.4, -0.2) is 28.3 Å². The summed E-state index contributed by atoms with van der Waals surface area (Å²) in [5.41, 5.74) is 0. The Kier molecular flexibility index (Phi) is 4.74. The maximum atomic E-state index is 9.11. The van der Waals surface area contributed by atoms with E-state index in [9.17, 15) is 0 Å². The number of rotatable bonds is 7. The Labute approximate surface area is 111 Å². The van der Waals surface area contributed by atoms with Crippen molar-refractivity contribution in [3.05, 3.63) is 36.5 Å². The van der Waals surface area contributed by atoms with Gasteiger partial charge in [0.2, 0.25) is 5.88 Å². The van der Waals surface area contributed by atoms with Crippen LogP contribution in [0.15, 0.2) is 35.2 Å². The Balaban J connectivity index is 2.10. The molecule has 102 valence electrons.